The van der Waals surface area contributed by atoms with Crippen molar-refractivity contribution in [1.82, 2.24) is 15.1 Å². The Kier molecular flexibility index (Phi) is 6.23. The third-order valence-corrected chi connectivity index (χ3v) is 4.04. The Hall–Kier alpha value is -0.650. The molecule has 2 N–H and O–H groups in total. The highest BCUT2D eigenvalue weighted by atomic mass is 16.4. The van der Waals surface area contributed by atoms with Gasteiger partial charge in [-0.3, -0.25) is 4.79 Å². The number of nitrogens with one attached hydrogen (secondary N) is 1. The number of likely N-dealkylation sites (N-methyl/N-ethyl adjacent to an activating group) is 1. The van der Waals surface area contributed by atoms with Crippen molar-refractivity contribution >= 4 is 5.97 Å². The van der Waals surface area contributed by atoms with Crippen LogP contribution >= 0.6 is 0 Å². The lowest BCUT2D eigenvalue weighted by Gasteiger charge is -2.37. The molecule has 0 saturated carbocycles. The second-order valence-corrected chi connectivity index (χ2v) is 6.17. The largest absolute Gasteiger partial charge is 0.480 e. The SMILES string of the molecule is CNC(C)(CCN1CCN(CC(C)C)CC1)C(=O)O. The summed E-state index contributed by atoms with van der Waals surface area (Å²) in [5.74, 6) is -0.0559. The van der Waals surface area contributed by atoms with Gasteiger partial charge >= 0.3 is 5.97 Å². The summed E-state index contributed by atoms with van der Waals surface area (Å²) in [4.78, 5) is 16.1. The van der Waals surface area contributed by atoms with E-state index in [9.17, 15) is 9.90 Å². The van der Waals surface area contributed by atoms with Gasteiger partial charge in [-0.2, -0.15) is 0 Å². The highest BCUT2D eigenvalue weighted by Gasteiger charge is 2.31. The molecule has 0 spiro atoms. The van der Waals surface area contributed by atoms with Crippen molar-refractivity contribution in [3.05, 3.63) is 0 Å². The summed E-state index contributed by atoms with van der Waals surface area (Å²) >= 11 is 0. The number of rotatable bonds is 7. The van der Waals surface area contributed by atoms with Gasteiger partial charge < -0.3 is 20.2 Å². The van der Waals surface area contributed by atoms with Crippen molar-refractivity contribution in [3.8, 4) is 0 Å². The molecule has 1 atom stereocenters. The lowest BCUT2D eigenvalue weighted by atomic mass is 9.98. The summed E-state index contributed by atoms with van der Waals surface area (Å²) in [6.07, 6.45) is 0.642. The Labute approximate surface area is 117 Å². The minimum Gasteiger partial charge on any atom is -0.480 e. The first-order valence-corrected chi connectivity index (χ1v) is 7.24. The zero-order valence-electron chi connectivity index (χ0n) is 12.8. The third-order valence-electron chi connectivity index (χ3n) is 4.04. The number of nitrogens with zero attached hydrogens (tertiary/aromatic N) is 2. The molecule has 0 aliphatic carbocycles. The van der Waals surface area contributed by atoms with E-state index in [-0.39, 0.29) is 0 Å². The highest BCUT2D eigenvalue weighted by molar-refractivity contribution is 5.78. The molecule has 1 aliphatic heterocycles. The first-order chi connectivity index (χ1) is 8.87. The predicted octanol–water partition coefficient (Wildman–Crippen LogP) is 0.713. The lowest BCUT2D eigenvalue weighted by Crippen LogP contribution is -2.52. The summed E-state index contributed by atoms with van der Waals surface area (Å²) in [5.41, 5.74) is -0.810. The molecule has 5 nitrogen and oxygen atoms in total. The lowest BCUT2D eigenvalue weighted by molar-refractivity contribution is -0.144. The molecule has 0 aromatic heterocycles. The molecule has 1 fully saturated rings. The van der Waals surface area contributed by atoms with E-state index in [0.717, 1.165) is 39.3 Å². The summed E-state index contributed by atoms with van der Waals surface area (Å²) in [6.45, 7) is 12.6. The zero-order chi connectivity index (χ0) is 14.5. The molecule has 5 heteroatoms. The van der Waals surface area contributed by atoms with Crippen molar-refractivity contribution in [3.63, 3.8) is 0 Å². The highest BCUT2D eigenvalue weighted by Crippen LogP contribution is 2.12. The maximum absolute atomic E-state index is 11.2. The van der Waals surface area contributed by atoms with Crippen LogP contribution in [0.5, 0.6) is 0 Å². The van der Waals surface area contributed by atoms with Gasteiger partial charge in [-0.1, -0.05) is 13.8 Å². The first kappa shape index (κ1) is 16.4. The zero-order valence-corrected chi connectivity index (χ0v) is 12.8. The molecule has 19 heavy (non-hydrogen) atoms. The van der Waals surface area contributed by atoms with Crippen molar-refractivity contribution in [2.24, 2.45) is 5.92 Å². The van der Waals surface area contributed by atoms with Gasteiger partial charge in [-0.15, -0.1) is 0 Å². The molecule has 0 amide bonds. The number of carbonyl (C=O) groups is 1. The Morgan fingerprint density at radius 3 is 2.21 bits per heavy atom. The molecule has 0 bridgehead atoms. The van der Waals surface area contributed by atoms with E-state index in [1.165, 1.54) is 0 Å². The maximum Gasteiger partial charge on any atom is 0.323 e. The van der Waals surface area contributed by atoms with Gasteiger partial charge in [0.2, 0.25) is 0 Å². The molecule has 1 heterocycles. The Bertz CT molecular complexity index is 288. The van der Waals surface area contributed by atoms with Gasteiger partial charge in [-0.25, -0.2) is 0 Å². The third kappa shape index (κ3) is 5.09. The fourth-order valence-electron chi connectivity index (χ4n) is 2.43. The average molecular weight is 271 g/mol. The summed E-state index contributed by atoms with van der Waals surface area (Å²) in [6, 6.07) is 0. The smallest absolute Gasteiger partial charge is 0.323 e. The van der Waals surface area contributed by atoms with E-state index in [2.05, 4.69) is 29.0 Å². The molecular formula is C14H29N3O2. The number of aliphatic carboxylic acids is 1. The topological polar surface area (TPSA) is 55.8 Å². The molecule has 0 radical (unpaired) electrons. The average Bonchev–Trinajstić information content (AvgIpc) is 2.36. The number of hydrogen-bond acceptors (Lipinski definition) is 4. The van der Waals surface area contributed by atoms with E-state index in [1.54, 1.807) is 14.0 Å². The standard InChI is InChI=1S/C14H29N3O2/c1-12(2)11-17-9-7-16(8-10-17)6-5-14(3,15-4)13(18)19/h12,15H,5-11H2,1-4H3,(H,18,19). The van der Waals surface area contributed by atoms with Gasteiger partial charge in [0.05, 0.1) is 0 Å². The van der Waals surface area contributed by atoms with Crippen LogP contribution in [0.4, 0.5) is 0 Å². The van der Waals surface area contributed by atoms with Gasteiger partial charge in [-0.05, 0) is 26.3 Å². The number of carboxylic acids is 1. The van der Waals surface area contributed by atoms with Crippen LogP contribution in [0.1, 0.15) is 27.2 Å². The second kappa shape index (κ2) is 7.22. The molecular weight excluding hydrogens is 242 g/mol. The minimum absolute atomic E-state index is 0.642. The van der Waals surface area contributed by atoms with Gasteiger partial charge in [0.1, 0.15) is 5.54 Å². The predicted molar refractivity (Wildman–Crippen MR) is 77.4 cm³/mol. The van der Waals surface area contributed by atoms with Crippen LogP contribution in [-0.2, 0) is 4.79 Å². The van der Waals surface area contributed by atoms with Crippen LogP contribution in [0.3, 0.4) is 0 Å². The van der Waals surface area contributed by atoms with E-state index in [0.29, 0.717) is 12.3 Å². The van der Waals surface area contributed by atoms with Crippen LogP contribution in [0.25, 0.3) is 0 Å². The van der Waals surface area contributed by atoms with Crippen LogP contribution < -0.4 is 5.32 Å². The van der Waals surface area contributed by atoms with Gasteiger partial charge in [0.15, 0.2) is 0 Å². The Morgan fingerprint density at radius 2 is 1.79 bits per heavy atom. The van der Waals surface area contributed by atoms with E-state index >= 15 is 0 Å². The molecule has 1 unspecified atom stereocenters. The number of piperazine rings is 1. The summed E-state index contributed by atoms with van der Waals surface area (Å²) in [7, 11) is 1.72. The molecule has 1 rings (SSSR count). The molecule has 1 saturated heterocycles. The normalized spacial score (nSPS) is 21.5. The van der Waals surface area contributed by atoms with Gasteiger partial charge in [0.25, 0.3) is 0 Å². The Morgan fingerprint density at radius 1 is 1.26 bits per heavy atom. The Balaban J connectivity index is 2.31. The summed E-state index contributed by atoms with van der Waals surface area (Å²) in [5, 5.41) is 12.1. The molecule has 112 valence electrons. The molecule has 0 aromatic carbocycles. The minimum atomic E-state index is -0.810. The van der Waals surface area contributed by atoms with Crippen molar-refractivity contribution in [1.29, 1.82) is 0 Å². The fraction of sp³-hybridized carbons (Fsp3) is 0.929. The maximum atomic E-state index is 11.2. The summed E-state index contributed by atoms with van der Waals surface area (Å²) < 4.78 is 0. The van der Waals surface area contributed by atoms with E-state index in [1.807, 2.05) is 0 Å². The number of carboxylic acid groups (broad SMARTS) is 1. The van der Waals surface area contributed by atoms with Gasteiger partial charge in [0, 0.05) is 39.3 Å². The van der Waals surface area contributed by atoms with Crippen molar-refractivity contribution in [2.75, 3.05) is 46.3 Å². The monoisotopic (exact) mass is 271 g/mol. The first-order valence-electron chi connectivity index (χ1n) is 7.24. The molecule has 0 aromatic rings. The van der Waals surface area contributed by atoms with Crippen molar-refractivity contribution < 1.29 is 9.90 Å². The van der Waals surface area contributed by atoms with Crippen LogP contribution in [0.15, 0.2) is 0 Å². The second-order valence-electron chi connectivity index (χ2n) is 6.17. The number of hydrogen-bond donors (Lipinski definition) is 2. The molecule has 1 aliphatic rings. The van der Waals surface area contributed by atoms with Crippen LogP contribution in [0.2, 0.25) is 0 Å². The van der Waals surface area contributed by atoms with E-state index < -0.39 is 11.5 Å². The fourth-order valence-corrected chi connectivity index (χ4v) is 2.43. The quantitative estimate of drug-likeness (QED) is 0.714. The van der Waals surface area contributed by atoms with Crippen LogP contribution in [0, 0.1) is 5.92 Å². The van der Waals surface area contributed by atoms with Crippen molar-refractivity contribution in [2.45, 2.75) is 32.7 Å². The van der Waals surface area contributed by atoms with E-state index in [4.69, 9.17) is 0 Å². The van der Waals surface area contributed by atoms with Crippen LogP contribution in [-0.4, -0.2) is 72.7 Å².